The number of carboxylic acids is 2. The molecular weight excluding hydrogens is 750 g/mol. The maximum absolute atomic E-state index is 14.5. The Bertz CT molecular complexity index is 1880. The number of fused-ring (bicyclic) bond motifs is 2. The first-order chi connectivity index (χ1) is 25.2. The van der Waals surface area contributed by atoms with Crippen LogP contribution in [0.4, 0.5) is 36.8 Å². The zero-order chi connectivity index (χ0) is 40.4. The number of benzene rings is 2. The van der Waals surface area contributed by atoms with Crippen LogP contribution in [0.3, 0.4) is 0 Å². The van der Waals surface area contributed by atoms with Gasteiger partial charge in [-0.1, -0.05) is 42.8 Å². The van der Waals surface area contributed by atoms with Crippen LogP contribution in [-0.4, -0.2) is 94.5 Å². The molecule has 54 heavy (non-hydrogen) atoms. The molecule has 3 heterocycles. The number of hydrogen-bond donors (Lipinski definition) is 5. The fourth-order valence-electron chi connectivity index (χ4n) is 5.66. The summed E-state index contributed by atoms with van der Waals surface area (Å²) in [7, 11) is 4.07. The number of pyridine rings is 1. The Morgan fingerprint density at radius 3 is 2.20 bits per heavy atom. The summed E-state index contributed by atoms with van der Waals surface area (Å²) < 4.78 is 63.5. The van der Waals surface area contributed by atoms with Gasteiger partial charge in [-0.05, 0) is 73.5 Å². The lowest BCUT2D eigenvalue weighted by atomic mass is 9.88. The van der Waals surface area contributed by atoms with Crippen molar-refractivity contribution in [2.75, 3.05) is 32.1 Å². The van der Waals surface area contributed by atoms with E-state index in [2.05, 4.69) is 25.5 Å². The predicted molar refractivity (Wildman–Crippen MR) is 187 cm³/mol. The van der Waals surface area contributed by atoms with Crippen molar-refractivity contribution in [3.63, 3.8) is 0 Å². The van der Waals surface area contributed by atoms with E-state index in [4.69, 9.17) is 31.4 Å². The highest BCUT2D eigenvalue weighted by Crippen LogP contribution is 2.35. The molecule has 0 fully saturated rings. The molecule has 4 aromatic rings. The number of nitrogens with one attached hydrogen (secondary N) is 3. The molecule has 0 radical (unpaired) electrons. The summed E-state index contributed by atoms with van der Waals surface area (Å²) in [6.45, 7) is 3.68. The smallest absolute Gasteiger partial charge is 0.475 e. The van der Waals surface area contributed by atoms with Crippen molar-refractivity contribution in [3.05, 3.63) is 94.9 Å². The summed E-state index contributed by atoms with van der Waals surface area (Å²) in [4.78, 5) is 56.9. The van der Waals surface area contributed by atoms with Gasteiger partial charge < -0.3 is 35.6 Å². The quantitative estimate of drug-likeness (QED) is 0.131. The average Bonchev–Trinajstić information content (AvgIpc) is 3.53. The van der Waals surface area contributed by atoms with Crippen LogP contribution in [-0.2, 0) is 27.3 Å². The minimum atomic E-state index is -5.08. The summed E-state index contributed by atoms with van der Waals surface area (Å²) in [5.74, 6) is -5.74. The molecule has 292 valence electrons. The third kappa shape index (κ3) is 12.4. The molecule has 1 aliphatic heterocycles. The lowest BCUT2D eigenvalue weighted by molar-refractivity contribution is -0.193. The Balaban J connectivity index is 0.000000476. The van der Waals surface area contributed by atoms with Crippen molar-refractivity contribution >= 4 is 52.1 Å². The standard InChI is InChI=1S/C31H35ClN6O2.2C2HF3O2/c1-20(26-17-34-27-9-5-4-8-25(26)27)29(36-31(40)35-16-21-7-6-12-33-15-21)30(39)38-19-22(18-37(2)3)13-23-14-24(32)10-11-28(23)38;2*3-2(4,5)1(6)7/h4-12,14-15,17,20,22,29,34H,13,16,18-19H2,1-3H3,(H2,35,36,40);2*(H,6,7)/t20?,22-,29?;;/m1../s1. The van der Waals surface area contributed by atoms with Gasteiger partial charge in [0.05, 0.1) is 0 Å². The number of hydrogen-bond acceptors (Lipinski definition) is 6. The van der Waals surface area contributed by atoms with E-state index in [0.29, 0.717) is 18.1 Å². The molecule has 0 saturated carbocycles. The van der Waals surface area contributed by atoms with Gasteiger partial charge >= 0.3 is 30.3 Å². The number of aromatic amines is 1. The van der Waals surface area contributed by atoms with Crippen molar-refractivity contribution in [2.24, 2.45) is 5.92 Å². The molecule has 1 aliphatic rings. The van der Waals surface area contributed by atoms with E-state index < -0.39 is 36.4 Å². The highest BCUT2D eigenvalue weighted by molar-refractivity contribution is 6.30. The lowest BCUT2D eigenvalue weighted by Crippen LogP contribution is -2.55. The van der Waals surface area contributed by atoms with Crippen LogP contribution in [0, 0.1) is 5.92 Å². The van der Waals surface area contributed by atoms with Gasteiger partial charge in [0.25, 0.3) is 0 Å². The number of carbonyl (C=O) groups excluding carboxylic acids is 2. The molecule has 12 nitrogen and oxygen atoms in total. The summed E-state index contributed by atoms with van der Waals surface area (Å²) in [6.07, 6.45) is -4.00. The monoisotopic (exact) mass is 786 g/mol. The maximum atomic E-state index is 14.5. The SMILES string of the molecule is CC(c1c[nH]c2ccccc12)C(NC(=O)NCc1cccnc1)C(=O)N1C[C@@H](CN(C)C)Cc2cc(Cl)ccc21.O=C(O)C(F)(F)F.O=C(O)C(F)(F)F. The predicted octanol–water partition coefficient (Wildman–Crippen LogP) is 6.22. The Kier molecular flexibility index (Phi) is 14.8. The van der Waals surface area contributed by atoms with Gasteiger partial charge in [-0.3, -0.25) is 9.78 Å². The second-order valence-corrected chi connectivity index (χ2v) is 12.8. The van der Waals surface area contributed by atoms with Crippen molar-refractivity contribution in [1.29, 1.82) is 0 Å². The van der Waals surface area contributed by atoms with Crippen LogP contribution in [0.5, 0.6) is 0 Å². The molecule has 2 aromatic heterocycles. The minimum Gasteiger partial charge on any atom is -0.475 e. The fraction of sp³-hybridized carbons (Fsp3) is 0.343. The number of amides is 3. The molecule has 5 N–H and O–H groups in total. The number of aliphatic carboxylic acids is 2. The number of alkyl halides is 6. The fourth-order valence-corrected chi connectivity index (χ4v) is 5.85. The highest BCUT2D eigenvalue weighted by atomic mass is 35.5. The van der Waals surface area contributed by atoms with E-state index in [1.54, 1.807) is 12.4 Å². The number of urea groups is 1. The summed E-state index contributed by atoms with van der Waals surface area (Å²) >= 11 is 6.36. The zero-order valence-corrected chi connectivity index (χ0v) is 29.8. The third-order valence-electron chi connectivity index (χ3n) is 8.00. The van der Waals surface area contributed by atoms with Gasteiger partial charge in [-0.15, -0.1) is 0 Å². The van der Waals surface area contributed by atoms with Crippen LogP contribution in [0.15, 0.2) is 73.2 Å². The Morgan fingerprint density at radius 2 is 1.63 bits per heavy atom. The topological polar surface area (TPSA) is 168 Å². The summed E-state index contributed by atoms with van der Waals surface area (Å²) in [5.41, 5.74) is 4.72. The maximum Gasteiger partial charge on any atom is 0.490 e. The number of anilines is 1. The largest absolute Gasteiger partial charge is 0.490 e. The first-order valence-corrected chi connectivity index (χ1v) is 16.4. The van der Waals surface area contributed by atoms with E-state index in [0.717, 1.165) is 46.2 Å². The van der Waals surface area contributed by atoms with Crippen molar-refractivity contribution < 1.29 is 55.7 Å². The Labute approximate surface area is 310 Å². The van der Waals surface area contributed by atoms with Crippen LogP contribution in [0.1, 0.15) is 29.5 Å². The van der Waals surface area contributed by atoms with E-state index in [9.17, 15) is 35.9 Å². The Hall–Kier alpha value is -5.36. The molecule has 0 aliphatic carbocycles. The number of H-pyrrole nitrogens is 1. The molecule has 2 aromatic carbocycles. The van der Waals surface area contributed by atoms with Gasteiger partial charge in [0.1, 0.15) is 6.04 Å². The van der Waals surface area contributed by atoms with Gasteiger partial charge in [-0.2, -0.15) is 26.3 Å². The van der Waals surface area contributed by atoms with Gasteiger partial charge in [0.15, 0.2) is 0 Å². The minimum absolute atomic E-state index is 0.152. The zero-order valence-electron chi connectivity index (χ0n) is 29.0. The Morgan fingerprint density at radius 1 is 1.00 bits per heavy atom. The molecule has 0 bridgehead atoms. The van der Waals surface area contributed by atoms with Gasteiger partial charge in [0.2, 0.25) is 5.91 Å². The average molecular weight is 787 g/mol. The number of nitrogens with zero attached hydrogens (tertiary/aromatic N) is 3. The van der Waals surface area contributed by atoms with E-state index in [1.165, 1.54) is 0 Å². The molecular formula is C35H37ClF6N6O6. The molecule has 2 unspecified atom stereocenters. The van der Waals surface area contributed by atoms with Gasteiger partial charge in [-0.25, -0.2) is 14.4 Å². The van der Waals surface area contributed by atoms with E-state index in [1.807, 2.05) is 86.7 Å². The van der Waals surface area contributed by atoms with Crippen LogP contribution >= 0.6 is 11.6 Å². The highest BCUT2D eigenvalue weighted by Gasteiger charge is 2.39. The third-order valence-corrected chi connectivity index (χ3v) is 8.23. The van der Waals surface area contributed by atoms with Crippen molar-refractivity contribution in [3.8, 4) is 0 Å². The molecule has 3 amide bonds. The number of aromatic nitrogens is 2. The number of halogens is 7. The molecule has 0 spiro atoms. The van der Waals surface area contributed by atoms with Gasteiger partial charge in [0, 0.05) is 65.8 Å². The van der Waals surface area contributed by atoms with Crippen molar-refractivity contribution in [2.45, 2.75) is 44.2 Å². The van der Waals surface area contributed by atoms with Crippen LogP contribution < -0.4 is 15.5 Å². The second kappa shape index (κ2) is 18.6. The lowest BCUT2D eigenvalue weighted by Gasteiger charge is -2.38. The molecule has 19 heteroatoms. The number of rotatable bonds is 8. The second-order valence-electron chi connectivity index (χ2n) is 12.4. The first kappa shape index (κ1) is 43.0. The van der Waals surface area contributed by atoms with Crippen LogP contribution in [0.2, 0.25) is 5.02 Å². The first-order valence-electron chi connectivity index (χ1n) is 16.0. The molecule has 5 rings (SSSR count). The number of carbonyl (C=O) groups is 4. The van der Waals surface area contributed by atoms with Crippen molar-refractivity contribution in [1.82, 2.24) is 25.5 Å². The van der Waals surface area contributed by atoms with E-state index >= 15 is 0 Å². The van der Waals surface area contributed by atoms with E-state index in [-0.39, 0.29) is 17.7 Å². The molecule has 3 atom stereocenters. The summed E-state index contributed by atoms with van der Waals surface area (Å²) in [5, 5.41) is 21.8. The number of para-hydroxylation sites is 1. The van der Waals surface area contributed by atoms with Crippen LogP contribution in [0.25, 0.3) is 10.9 Å². The number of carboxylic acid groups (broad SMARTS) is 2. The molecule has 0 saturated heterocycles. The summed E-state index contributed by atoms with van der Waals surface area (Å²) in [6, 6.07) is 16.2. The normalized spacial score (nSPS) is 15.1.